The molecule has 2 aliphatic heterocycles. The Bertz CT molecular complexity index is 1940. The fourth-order valence-corrected chi connectivity index (χ4v) is 7.06. The number of hydrogen-bond donors (Lipinski definition) is 6. The van der Waals surface area contributed by atoms with Crippen molar-refractivity contribution in [1.82, 2.24) is 50.8 Å². The lowest BCUT2D eigenvalue weighted by atomic mass is 10.1. The molecule has 352 valence electrons. The lowest BCUT2D eigenvalue weighted by molar-refractivity contribution is -0.140. The summed E-state index contributed by atoms with van der Waals surface area (Å²) in [4.78, 5) is 110. The number of benzene rings is 1. The van der Waals surface area contributed by atoms with E-state index in [0.29, 0.717) is 69.0 Å². The van der Waals surface area contributed by atoms with E-state index in [0.717, 1.165) is 11.2 Å². The summed E-state index contributed by atoms with van der Waals surface area (Å²) in [5.74, 6) is -6.68. The maximum Gasteiger partial charge on any atom is 0.317 e. The number of carboxylic acids is 2. The van der Waals surface area contributed by atoms with E-state index in [4.69, 9.17) is 4.74 Å². The molecule has 2 fully saturated rings. The van der Waals surface area contributed by atoms with Crippen LogP contribution in [-0.4, -0.2) is 218 Å². The van der Waals surface area contributed by atoms with Gasteiger partial charge in [-0.15, -0.1) is 0 Å². The fourth-order valence-electron chi connectivity index (χ4n) is 7.06. The Hall–Kier alpha value is -5.91. The van der Waals surface area contributed by atoms with E-state index < -0.39 is 49.2 Å². The normalized spacial score (nSPS) is 16.8. The number of nitrogens with zero attached hydrogens (tertiary/aromatic N) is 6. The molecule has 2 aromatic rings. The van der Waals surface area contributed by atoms with Crippen molar-refractivity contribution in [1.29, 1.82) is 0 Å². The van der Waals surface area contributed by atoms with Gasteiger partial charge in [-0.25, -0.2) is 8.78 Å². The van der Waals surface area contributed by atoms with Gasteiger partial charge < -0.3 is 45.9 Å². The number of hydrogen-bond acceptors (Lipinski definition) is 14. The number of amides is 5. The van der Waals surface area contributed by atoms with Gasteiger partial charge >= 0.3 is 11.9 Å². The minimum Gasteiger partial charge on any atom is -0.492 e. The van der Waals surface area contributed by atoms with Gasteiger partial charge in [0.15, 0.2) is 0 Å². The summed E-state index contributed by atoms with van der Waals surface area (Å²) >= 11 is 0. The second-order valence-electron chi connectivity index (χ2n) is 15.5. The molecule has 0 atom stereocenters. The van der Waals surface area contributed by atoms with Crippen LogP contribution in [0.25, 0.3) is 10.9 Å². The van der Waals surface area contributed by atoms with Crippen molar-refractivity contribution in [2.45, 2.75) is 31.6 Å². The molecule has 1 aromatic heterocycles. The summed E-state index contributed by atoms with van der Waals surface area (Å²) in [7, 11) is 0. The molecule has 64 heavy (non-hydrogen) atoms. The topological polar surface area (TPSA) is 263 Å². The molecule has 0 bridgehead atoms. The summed E-state index contributed by atoms with van der Waals surface area (Å²) in [6.45, 7) is 1.89. The molecule has 0 radical (unpaired) electrons. The number of nitrogens with one attached hydrogen (secondary N) is 4. The highest BCUT2D eigenvalue weighted by molar-refractivity contribution is 6.07. The summed E-state index contributed by atoms with van der Waals surface area (Å²) < 4.78 is 32.8. The van der Waals surface area contributed by atoms with Gasteiger partial charge in [-0.3, -0.25) is 58.1 Å². The van der Waals surface area contributed by atoms with Crippen molar-refractivity contribution in [2.75, 3.05) is 124 Å². The average molecular weight is 905 g/mol. The number of rotatable bonds is 22. The third-order valence-electron chi connectivity index (χ3n) is 10.5. The molecule has 0 unspecified atom stereocenters. The summed E-state index contributed by atoms with van der Waals surface area (Å²) in [5.41, 5.74) is 0.696. The molecule has 0 saturated carbocycles. The van der Waals surface area contributed by atoms with Crippen LogP contribution in [0.15, 0.2) is 30.5 Å². The number of pyridine rings is 1. The van der Waals surface area contributed by atoms with Crippen molar-refractivity contribution in [2.24, 2.45) is 0 Å². The fraction of sp³-hybridized carbons (Fsp3) is 0.585. The van der Waals surface area contributed by atoms with Crippen LogP contribution in [0.5, 0.6) is 5.75 Å². The van der Waals surface area contributed by atoms with Crippen LogP contribution in [0.3, 0.4) is 0 Å². The second-order valence-corrected chi connectivity index (χ2v) is 15.5. The van der Waals surface area contributed by atoms with Crippen LogP contribution in [0.1, 0.15) is 36.0 Å². The maximum absolute atomic E-state index is 13.5. The van der Waals surface area contributed by atoms with E-state index in [1.807, 2.05) is 9.80 Å². The zero-order valence-electron chi connectivity index (χ0n) is 35.7. The summed E-state index contributed by atoms with van der Waals surface area (Å²) in [6, 6.07) is 6.35. The molecule has 2 saturated heterocycles. The Morgan fingerprint density at radius 3 is 1.84 bits per heavy atom. The number of carboxylic acid groups (broad SMARTS) is 2. The Labute approximate surface area is 368 Å². The Morgan fingerprint density at radius 2 is 1.28 bits per heavy atom. The first-order chi connectivity index (χ1) is 30.6. The molecular formula is C41H58F2N10O11. The Morgan fingerprint density at radius 1 is 0.719 bits per heavy atom. The van der Waals surface area contributed by atoms with Crippen LogP contribution in [0.4, 0.5) is 8.78 Å². The average Bonchev–Trinajstić information content (AvgIpc) is 3.62. The molecule has 2 aliphatic rings. The molecule has 5 amide bonds. The number of fused-ring (bicyclic) bond motifs is 1. The van der Waals surface area contributed by atoms with Gasteiger partial charge in [0, 0.05) is 103 Å². The van der Waals surface area contributed by atoms with E-state index >= 15 is 0 Å². The van der Waals surface area contributed by atoms with Crippen molar-refractivity contribution in [3.05, 3.63) is 36.0 Å². The molecule has 0 spiro atoms. The standard InChI is InChI=1S/C41H58F2N10O11/c42-41(43)7-12-53(29-41)37(58)25-48-40(63)31-6-8-44-33-5-4-30(24-32(31)33)64-23-11-47-35(56)3-1-2-34(55)45-9-10-46-36(57)26-50-15-13-49(21-22-54)14-16-51(27-38(59)60)19-20-52(18-17-50)28-39(61)62/h4-6,8,22,24H,1-3,7,9-21,23,25-29H2,(H,45,55)(H,46,57)(H,47,56)(H,48,63)(H,59,60)(H,61,62). The number of aldehydes is 1. The first kappa shape index (κ1) is 50.7. The van der Waals surface area contributed by atoms with E-state index in [1.165, 1.54) is 12.3 Å². The first-order valence-corrected chi connectivity index (χ1v) is 21.1. The van der Waals surface area contributed by atoms with Crippen molar-refractivity contribution in [3.63, 3.8) is 0 Å². The van der Waals surface area contributed by atoms with Gasteiger partial charge in [0.05, 0.1) is 56.9 Å². The Balaban J connectivity index is 1.11. The van der Waals surface area contributed by atoms with E-state index in [1.54, 1.807) is 28.0 Å². The van der Waals surface area contributed by atoms with Gasteiger partial charge in [0.25, 0.3) is 11.8 Å². The van der Waals surface area contributed by atoms with E-state index in [2.05, 4.69) is 26.3 Å². The number of likely N-dealkylation sites (tertiary alicyclic amines) is 1. The number of aliphatic carboxylic acids is 2. The highest BCUT2D eigenvalue weighted by atomic mass is 19.3. The van der Waals surface area contributed by atoms with Crippen LogP contribution in [0, 0.1) is 0 Å². The Kier molecular flexibility index (Phi) is 20.6. The predicted molar refractivity (Wildman–Crippen MR) is 226 cm³/mol. The third-order valence-corrected chi connectivity index (χ3v) is 10.5. The molecule has 23 heteroatoms. The molecule has 6 N–H and O–H groups in total. The number of carbonyl (C=O) groups excluding carboxylic acids is 6. The molecule has 1 aromatic carbocycles. The quantitative estimate of drug-likeness (QED) is 0.0570. The predicted octanol–water partition coefficient (Wildman–Crippen LogP) is -1.68. The first-order valence-electron chi connectivity index (χ1n) is 21.1. The monoisotopic (exact) mass is 904 g/mol. The van der Waals surface area contributed by atoms with Crippen molar-refractivity contribution >= 4 is 58.7 Å². The number of aromatic nitrogens is 1. The minimum absolute atomic E-state index is 0.00590. The van der Waals surface area contributed by atoms with Gasteiger partial charge in [-0.1, -0.05) is 0 Å². The van der Waals surface area contributed by atoms with Gasteiger partial charge in [0.1, 0.15) is 18.6 Å². The molecule has 0 aliphatic carbocycles. The smallest absolute Gasteiger partial charge is 0.317 e. The van der Waals surface area contributed by atoms with Crippen LogP contribution in [0.2, 0.25) is 0 Å². The maximum atomic E-state index is 13.5. The highest BCUT2D eigenvalue weighted by Gasteiger charge is 2.40. The van der Waals surface area contributed by atoms with Gasteiger partial charge in [0.2, 0.25) is 23.6 Å². The zero-order chi connectivity index (χ0) is 46.5. The number of carbonyl (C=O) groups is 8. The third kappa shape index (κ3) is 18.4. The molecular weight excluding hydrogens is 847 g/mol. The number of halogens is 2. The van der Waals surface area contributed by atoms with E-state index in [9.17, 15) is 57.4 Å². The molecule has 21 nitrogen and oxygen atoms in total. The van der Waals surface area contributed by atoms with Crippen LogP contribution < -0.4 is 26.0 Å². The molecule has 3 heterocycles. The largest absolute Gasteiger partial charge is 0.492 e. The highest BCUT2D eigenvalue weighted by Crippen LogP contribution is 2.27. The lowest BCUT2D eigenvalue weighted by Gasteiger charge is -2.32. The van der Waals surface area contributed by atoms with Crippen molar-refractivity contribution in [3.8, 4) is 5.75 Å². The van der Waals surface area contributed by atoms with Gasteiger partial charge in [-0.05, 0) is 30.7 Å². The van der Waals surface area contributed by atoms with Crippen LogP contribution in [-0.2, 0) is 33.6 Å². The second kappa shape index (κ2) is 26.0. The van der Waals surface area contributed by atoms with Crippen molar-refractivity contribution < 1.29 is 62.1 Å². The van der Waals surface area contributed by atoms with Gasteiger partial charge in [-0.2, -0.15) is 0 Å². The summed E-state index contributed by atoms with van der Waals surface area (Å²) in [6.07, 6.45) is 2.21. The SMILES string of the molecule is O=CCN1CCN(CC(=O)O)CCN(CC(=O)O)CCN(CC(=O)NCCNC(=O)CCCC(=O)NCCOc2ccc3nccc(C(=O)NCC(=O)N4CCC(F)(F)C4)c3c2)CC1. The minimum atomic E-state index is -2.94. The number of alkyl halides is 2. The zero-order valence-corrected chi connectivity index (χ0v) is 35.7. The van der Waals surface area contributed by atoms with E-state index in [-0.39, 0.29) is 102 Å². The lowest BCUT2D eigenvalue weighted by Crippen LogP contribution is -2.49. The molecule has 4 rings (SSSR count). The van der Waals surface area contributed by atoms with Crippen LogP contribution >= 0.6 is 0 Å². The summed E-state index contributed by atoms with van der Waals surface area (Å²) in [5, 5.41) is 29.8. The number of ether oxygens (including phenoxy) is 1.